The number of allylic oxidation sites excluding steroid dienone is 2. The third-order valence-electron chi connectivity index (χ3n) is 3.89. The predicted octanol–water partition coefficient (Wildman–Crippen LogP) is 0.615. The van der Waals surface area contributed by atoms with Crippen molar-refractivity contribution >= 4 is 15.8 Å². The van der Waals surface area contributed by atoms with Gasteiger partial charge in [-0.3, -0.25) is 9.69 Å². The van der Waals surface area contributed by atoms with Crippen molar-refractivity contribution in [3.63, 3.8) is 0 Å². The first-order valence-corrected chi connectivity index (χ1v) is 8.51. The summed E-state index contributed by atoms with van der Waals surface area (Å²) in [4.78, 5) is 13.7. The summed E-state index contributed by atoms with van der Waals surface area (Å²) < 4.78 is 28.1. The lowest BCUT2D eigenvalue weighted by Crippen LogP contribution is -2.54. The van der Waals surface area contributed by atoms with E-state index in [0.29, 0.717) is 12.5 Å². The first kappa shape index (κ1) is 14.5. The minimum Gasteiger partial charge on any atom is -0.468 e. The van der Waals surface area contributed by atoms with E-state index in [1.54, 1.807) is 0 Å². The van der Waals surface area contributed by atoms with Crippen LogP contribution < -0.4 is 0 Å². The fraction of sp³-hybridized carbons (Fsp3) is 0.769. The molecule has 0 spiro atoms. The average Bonchev–Trinajstić information content (AvgIpc) is 2.41. The van der Waals surface area contributed by atoms with Crippen LogP contribution in [0.25, 0.3) is 0 Å². The van der Waals surface area contributed by atoms with E-state index in [9.17, 15) is 13.2 Å². The largest absolute Gasteiger partial charge is 0.468 e. The van der Waals surface area contributed by atoms with E-state index in [0.717, 1.165) is 25.8 Å². The van der Waals surface area contributed by atoms with E-state index in [1.807, 2.05) is 4.90 Å². The van der Waals surface area contributed by atoms with Gasteiger partial charge in [0, 0.05) is 13.1 Å². The molecule has 5 nitrogen and oxygen atoms in total. The summed E-state index contributed by atoms with van der Waals surface area (Å²) in [5, 5.41) is 0. The van der Waals surface area contributed by atoms with Gasteiger partial charge in [0.25, 0.3) is 0 Å². The van der Waals surface area contributed by atoms with E-state index < -0.39 is 21.8 Å². The van der Waals surface area contributed by atoms with E-state index in [1.165, 1.54) is 7.11 Å². The highest BCUT2D eigenvalue weighted by atomic mass is 32.2. The maximum Gasteiger partial charge on any atom is 0.324 e. The first-order valence-electron chi connectivity index (χ1n) is 6.69. The summed E-state index contributed by atoms with van der Waals surface area (Å²) in [6.07, 6.45) is 7.53. The van der Waals surface area contributed by atoms with Crippen molar-refractivity contribution in [3.05, 3.63) is 12.2 Å². The topological polar surface area (TPSA) is 63.7 Å². The molecule has 2 aliphatic rings. The Labute approximate surface area is 114 Å². The molecule has 108 valence electrons. The number of rotatable bonds is 3. The lowest BCUT2D eigenvalue weighted by atomic mass is 9.93. The molecule has 2 atom stereocenters. The van der Waals surface area contributed by atoms with Crippen molar-refractivity contribution in [2.24, 2.45) is 5.92 Å². The molecule has 1 aliphatic heterocycles. The van der Waals surface area contributed by atoms with Crippen molar-refractivity contribution in [3.8, 4) is 0 Å². The molecular formula is C13H21NO4S. The summed E-state index contributed by atoms with van der Waals surface area (Å²) in [6, 6.07) is -0.630. The Hall–Kier alpha value is -0.880. The second-order valence-electron chi connectivity index (χ2n) is 5.30. The third kappa shape index (κ3) is 3.79. The zero-order chi connectivity index (χ0) is 13.9. The zero-order valence-electron chi connectivity index (χ0n) is 11.2. The highest BCUT2D eigenvalue weighted by Crippen LogP contribution is 2.22. The van der Waals surface area contributed by atoms with Crippen LogP contribution in [0.3, 0.4) is 0 Å². The predicted molar refractivity (Wildman–Crippen MR) is 72.5 cm³/mol. The molecule has 0 radical (unpaired) electrons. The summed E-state index contributed by atoms with van der Waals surface area (Å²) in [7, 11) is -1.81. The number of sulfone groups is 1. The lowest BCUT2D eigenvalue weighted by Gasteiger charge is -2.36. The van der Waals surface area contributed by atoms with Crippen molar-refractivity contribution in [1.82, 2.24) is 4.90 Å². The van der Waals surface area contributed by atoms with Gasteiger partial charge < -0.3 is 4.74 Å². The van der Waals surface area contributed by atoms with Crippen LogP contribution in [0.1, 0.15) is 19.3 Å². The Kier molecular flexibility index (Phi) is 4.62. The van der Waals surface area contributed by atoms with Gasteiger partial charge in [-0.15, -0.1) is 0 Å². The van der Waals surface area contributed by atoms with Gasteiger partial charge in [0.05, 0.1) is 18.6 Å². The molecule has 0 aromatic carbocycles. The van der Waals surface area contributed by atoms with Crippen LogP contribution in [-0.4, -0.2) is 57.0 Å². The molecule has 19 heavy (non-hydrogen) atoms. The first-order chi connectivity index (χ1) is 9.02. The fourth-order valence-corrected chi connectivity index (χ4v) is 4.27. The SMILES string of the molecule is COC(=O)[C@@H]1CS(=O)(=O)CCN1C[C@H]1CC=CCC1. The standard InChI is InChI=1S/C13H21NO4S/c1-18-13(15)12-10-19(16,17)8-7-14(12)9-11-5-3-2-4-6-11/h2-3,11-12H,4-10H2,1H3/t11-,12-/m0/s1. The molecule has 0 bridgehead atoms. The molecule has 2 rings (SSSR count). The van der Waals surface area contributed by atoms with Crippen molar-refractivity contribution in [2.45, 2.75) is 25.3 Å². The lowest BCUT2D eigenvalue weighted by molar-refractivity contribution is -0.146. The molecule has 0 aromatic heterocycles. The molecule has 1 heterocycles. The van der Waals surface area contributed by atoms with Crippen LogP contribution in [0.5, 0.6) is 0 Å². The summed E-state index contributed by atoms with van der Waals surface area (Å²) >= 11 is 0. The monoisotopic (exact) mass is 287 g/mol. The van der Waals surface area contributed by atoms with Crippen LogP contribution in [0.15, 0.2) is 12.2 Å². The molecule has 1 aliphatic carbocycles. The molecule has 0 amide bonds. The molecule has 1 fully saturated rings. The molecule has 0 N–H and O–H groups in total. The number of methoxy groups -OCH3 is 1. The number of esters is 1. The number of ether oxygens (including phenoxy) is 1. The van der Waals surface area contributed by atoms with E-state index in [2.05, 4.69) is 12.2 Å². The van der Waals surface area contributed by atoms with Gasteiger partial charge in [-0.25, -0.2) is 8.42 Å². The minimum absolute atomic E-state index is 0.109. The maximum absolute atomic E-state index is 11.8. The summed E-state index contributed by atoms with van der Waals surface area (Å²) in [6.45, 7) is 1.21. The minimum atomic E-state index is -3.12. The van der Waals surface area contributed by atoms with Crippen LogP contribution in [0, 0.1) is 5.92 Å². The molecule has 1 saturated heterocycles. The van der Waals surface area contributed by atoms with Gasteiger partial charge in [0.2, 0.25) is 0 Å². The quantitative estimate of drug-likeness (QED) is 0.562. The normalized spacial score (nSPS) is 31.0. The molecule has 0 aromatic rings. The summed E-state index contributed by atoms with van der Waals surface area (Å²) in [5.41, 5.74) is 0. The number of hydrogen-bond acceptors (Lipinski definition) is 5. The van der Waals surface area contributed by atoms with Gasteiger partial charge in [-0.2, -0.15) is 0 Å². The van der Waals surface area contributed by atoms with E-state index in [-0.39, 0.29) is 11.5 Å². The number of carbonyl (C=O) groups is 1. The van der Waals surface area contributed by atoms with Crippen LogP contribution in [0.2, 0.25) is 0 Å². The number of hydrogen-bond donors (Lipinski definition) is 0. The molecule has 6 heteroatoms. The number of carbonyl (C=O) groups excluding carboxylic acids is 1. The van der Waals surface area contributed by atoms with Gasteiger partial charge in [0.1, 0.15) is 6.04 Å². The van der Waals surface area contributed by atoms with Gasteiger partial charge in [-0.1, -0.05) is 12.2 Å². The van der Waals surface area contributed by atoms with E-state index in [4.69, 9.17) is 4.74 Å². The van der Waals surface area contributed by atoms with Crippen LogP contribution in [-0.2, 0) is 19.4 Å². The van der Waals surface area contributed by atoms with Crippen molar-refractivity contribution in [1.29, 1.82) is 0 Å². The van der Waals surface area contributed by atoms with Crippen molar-refractivity contribution < 1.29 is 17.9 Å². The number of nitrogens with zero attached hydrogens (tertiary/aromatic N) is 1. The Morgan fingerprint density at radius 2 is 2.21 bits per heavy atom. The highest BCUT2D eigenvalue weighted by molar-refractivity contribution is 7.91. The second kappa shape index (κ2) is 6.05. The molecular weight excluding hydrogens is 266 g/mol. The Morgan fingerprint density at radius 1 is 1.42 bits per heavy atom. The third-order valence-corrected chi connectivity index (χ3v) is 5.51. The maximum atomic E-state index is 11.8. The smallest absolute Gasteiger partial charge is 0.324 e. The van der Waals surface area contributed by atoms with Gasteiger partial charge >= 0.3 is 5.97 Å². The van der Waals surface area contributed by atoms with Crippen molar-refractivity contribution in [2.75, 3.05) is 31.7 Å². The van der Waals surface area contributed by atoms with E-state index >= 15 is 0 Å². The zero-order valence-corrected chi connectivity index (χ0v) is 12.1. The Morgan fingerprint density at radius 3 is 2.84 bits per heavy atom. The molecule has 0 saturated carbocycles. The van der Waals surface area contributed by atoms with Gasteiger partial charge in [0.15, 0.2) is 9.84 Å². The molecule has 0 unspecified atom stereocenters. The fourth-order valence-electron chi connectivity index (χ4n) is 2.77. The summed E-state index contributed by atoms with van der Waals surface area (Å²) in [5.74, 6) is 0.109. The Bertz CT molecular complexity index is 457. The van der Waals surface area contributed by atoms with Crippen LogP contribution in [0.4, 0.5) is 0 Å². The second-order valence-corrected chi connectivity index (χ2v) is 7.53. The van der Waals surface area contributed by atoms with Crippen LogP contribution >= 0.6 is 0 Å². The average molecular weight is 287 g/mol. The Balaban J connectivity index is 2.04. The highest BCUT2D eigenvalue weighted by Gasteiger charge is 2.37. The van der Waals surface area contributed by atoms with Gasteiger partial charge in [-0.05, 0) is 25.2 Å².